The highest BCUT2D eigenvalue weighted by Gasteiger charge is 2.11. The highest BCUT2D eigenvalue weighted by atomic mass is 32.2. The summed E-state index contributed by atoms with van der Waals surface area (Å²) >= 11 is 0. The van der Waals surface area contributed by atoms with Crippen molar-refractivity contribution < 1.29 is 12.8 Å². The molecular weight excluding hydrogens is 365 g/mol. The molecule has 7 heteroatoms. The zero-order valence-electron chi connectivity index (χ0n) is 15.5. The SMILES string of the molecule is CCNC(=NCc1ccccc1F)NCCCS(=O)(=O)Cc1ccccc1. The number of rotatable bonds is 9. The molecule has 0 aliphatic heterocycles. The van der Waals surface area contributed by atoms with E-state index in [0.717, 1.165) is 5.56 Å². The minimum absolute atomic E-state index is 0.0509. The fourth-order valence-electron chi connectivity index (χ4n) is 2.53. The summed E-state index contributed by atoms with van der Waals surface area (Å²) in [7, 11) is -3.16. The Kier molecular flexibility index (Phi) is 8.26. The van der Waals surface area contributed by atoms with Crippen LogP contribution in [0.25, 0.3) is 0 Å². The van der Waals surface area contributed by atoms with Gasteiger partial charge in [0.25, 0.3) is 0 Å². The molecule has 27 heavy (non-hydrogen) atoms. The summed E-state index contributed by atoms with van der Waals surface area (Å²) in [5.74, 6) is 0.405. The first-order valence-corrected chi connectivity index (χ1v) is 10.8. The number of guanidine groups is 1. The molecule has 0 amide bonds. The molecule has 0 aromatic heterocycles. The van der Waals surface area contributed by atoms with Crippen molar-refractivity contribution >= 4 is 15.8 Å². The Bertz CT molecular complexity index is 839. The second kappa shape index (κ2) is 10.7. The van der Waals surface area contributed by atoms with Gasteiger partial charge in [0.2, 0.25) is 0 Å². The van der Waals surface area contributed by atoms with Crippen molar-refractivity contribution in [2.75, 3.05) is 18.8 Å². The molecule has 0 heterocycles. The molecule has 2 N–H and O–H groups in total. The second-order valence-corrected chi connectivity index (χ2v) is 8.33. The first-order valence-electron chi connectivity index (χ1n) is 9.00. The molecule has 0 atom stereocenters. The van der Waals surface area contributed by atoms with Crippen LogP contribution in [0.4, 0.5) is 4.39 Å². The lowest BCUT2D eigenvalue weighted by Gasteiger charge is -2.11. The van der Waals surface area contributed by atoms with Crippen molar-refractivity contribution in [1.29, 1.82) is 0 Å². The lowest BCUT2D eigenvalue weighted by molar-refractivity contribution is 0.591. The van der Waals surface area contributed by atoms with E-state index in [0.29, 0.717) is 31.0 Å². The van der Waals surface area contributed by atoms with E-state index < -0.39 is 9.84 Å². The van der Waals surface area contributed by atoms with Gasteiger partial charge in [-0.05, 0) is 25.0 Å². The summed E-state index contributed by atoms with van der Waals surface area (Å²) in [5, 5.41) is 6.18. The first kappa shape index (κ1) is 20.9. The largest absolute Gasteiger partial charge is 0.357 e. The third-order valence-corrected chi connectivity index (χ3v) is 5.55. The summed E-state index contributed by atoms with van der Waals surface area (Å²) in [6.07, 6.45) is 0.472. The molecular formula is C20H26FN3O2S. The Morgan fingerprint density at radius 2 is 1.74 bits per heavy atom. The molecule has 5 nitrogen and oxygen atoms in total. The van der Waals surface area contributed by atoms with Crippen LogP contribution in [-0.4, -0.2) is 33.2 Å². The van der Waals surface area contributed by atoms with Gasteiger partial charge in [-0.25, -0.2) is 17.8 Å². The van der Waals surface area contributed by atoms with E-state index in [1.807, 2.05) is 37.3 Å². The minimum atomic E-state index is -3.16. The van der Waals surface area contributed by atoms with Gasteiger partial charge in [0.05, 0.1) is 18.1 Å². The second-order valence-electron chi connectivity index (χ2n) is 6.14. The Hall–Kier alpha value is -2.41. The van der Waals surface area contributed by atoms with Crippen LogP contribution in [0.1, 0.15) is 24.5 Å². The maximum atomic E-state index is 13.7. The highest BCUT2D eigenvalue weighted by Crippen LogP contribution is 2.08. The maximum absolute atomic E-state index is 13.7. The van der Waals surface area contributed by atoms with Crippen LogP contribution in [-0.2, 0) is 22.1 Å². The summed E-state index contributed by atoms with van der Waals surface area (Å²) < 4.78 is 38.1. The van der Waals surface area contributed by atoms with Crippen molar-refractivity contribution in [3.63, 3.8) is 0 Å². The Balaban J connectivity index is 1.81. The number of benzene rings is 2. The van der Waals surface area contributed by atoms with E-state index in [-0.39, 0.29) is 23.9 Å². The molecule has 0 fully saturated rings. The van der Waals surface area contributed by atoms with E-state index in [1.54, 1.807) is 18.2 Å². The standard InChI is InChI=1S/C20H26FN3O2S/c1-2-22-20(24-15-18-11-6-7-12-19(18)21)23-13-8-14-27(25,26)16-17-9-4-3-5-10-17/h3-7,9-12H,2,8,13-16H2,1H3,(H2,22,23,24). The number of hydrogen-bond donors (Lipinski definition) is 2. The van der Waals surface area contributed by atoms with Gasteiger partial charge < -0.3 is 10.6 Å². The normalized spacial score (nSPS) is 12.0. The third-order valence-electron chi connectivity index (χ3n) is 3.86. The van der Waals surface area contributed by atoms with Gasteiger partial charge in [0.15, 0.2) is 15.8 Å². The zero-order chi connectivity index (χ0) is 19.5. The predicted octanol–water partition coefficient (Wildman–Crippen LogP) is 2.89. The first-order chi connectivity index (χ1) is 13.0. The van der Waals surface area contributed by atoms with Crippen LogP contribution >= 0.6 is 0 Å². The van der Waals surface area contributed by atoms with Gasteiger partial charge in [-0.1, -0.05) is 48.5 Å². The quantitative estimate of drug-likeness (QED) is 0.392. The number of halogens is 1. The molecule has 2 aromatic carbocycles. The van der Waals surface area contributed by atoms with E-state index in [4.69, 9.17) is 0 Å². The topological polar surface area (TPSA) is 70.6 Å². The van der Waals surface area contributed by atoms with E-state index in [2.05, 4.69) is 15.6 Å². The fraction of sp³-hybridized carbons (Fsp3) is 0.350. The molecule has 0 spiro atoms. The van der Waals surface area contributed by atoms with Crippen LogP contribution in [0.5, 0.6) is 0 Å². The Morgan fingerprint density at radius 3 is 2.44 bits per heavy atom. The van der Waals surface area contributed by atoms with Crippen LogP contribution in [0, 0.1) is 5.82 Å². The van der Waals surface area contributed by atoms with Crippen molar-refractivity contribution in [2.45, 2.75) is 25.6 Å². The third kappa shape index (κ3) is 7.78. The van der Waals surface area contributed by atoms with Crippen LogP contribution < -0.4 is 10.6 Å². The molecule has 0 saturated carbocycles. The molecule has 0 saturated heterocycles. The van der Waals surface area contributed by atoms with E-state index in [1.165, 1.54) is 6.07 Å². The average Bonchev–Trinajstić information content (AvgIpc) is 2.64. The van der Waals surface area contributed by atoms with Gasteiger partial charge in [0, 0.05) is 18.7 Å². The minimum Gasteiger partial charge on any atom is -0.357 e. The fourth-order valence-corrected chi connectivity index (χ4v) is 3.96. The predicted molar refractivity (Wildman–Crippen MR) is 108 cm³/mol. The zero-order valence-corrected chi connectivity index (χ0v) is 16.3. The van der Waals surface area contributed by atoms with Gasteiger partial charge in [-0.2, -0.15) is 0 Å². The summed E-state index contributed by atoms with van der Waals surface area (Å²) in [5.41, 5.74) is 1.31. The number of nitrogens with one attached hydrogen (secondary N) is 2. The van der Waals surface area contributed by atoms with Crippen molar-refractivity contribution in [3.05, 3.63) is 71.5 Å². The summed E-state index contributed by atoms with van der Waals surface area (Å²) in [6.45, 7) is 3.28. The van der Waals surface area contributed by atoms with E-state index >= 15 is 0 Å². The van der Waals surface area contributed by atoms with Crippen LogP contribution in [0.15, 0.2) is 59.6 Å². The molecule has 0 radical (unpaired) electrons. The number of nitrogens with zero attached hydrogens (tertiary/aromatic N) is 1. The Labute approximate surface area is 160 Å². The van der Waals surface area contributed by atoms with Gasteiger partial charge in [-0.15, -0.1) is 0 Å². The molecule has 0 bridgehead atoms. The smallest absolute Gasteiger partial charge is 0.191 e. The Morgan fingerprint density at radius 1 is 1.04 bits per heavy atom. The van der Waals surface area contributed by atoms with Crippen molar-refractivity contribution in [2.24, 2.45) is 4.99 Å². The maximum Gasteiger partial charge on any atom is 0.191 e. The van der Waals surface area contributed by atoms with Gasteiger partial charge in [0.1, 0.15) is 5.82 Å². The lowest BCUT2D eigenvalue weighted by Crippen LogP contribution is -2.38. The summed E-state index contributed by atoms with van der Waals surface area (Å²) in [4.78, 5) is 4.35. The molecule has 0 aliphatic carbocycles. The molecule has 0 unspecified atom stereocenters. The molecule has 2 rings (SSSR count). The van der Waals surface area contributed by atoms with Crippen LogP contribution in [0.3, 0.4) is 0 Å². The number of hydrogen-bond acceptors (Lipinski definition) is 3. The monoisotopic (exact) mass is 391 g/mol. The van der Waals surface area contributed by atoms with E-state index in [9.17, 15) is 12.8 Å². The highest BCUT2D eigenvalue weighted by molar-refractivity contribution is 7.90. The lowest BCUT2D eigenvalue weighted by atomic mass is 10.2. The van der Waals surface area contributed by atoms with Gasteiger partial charge >= 0.3 is 0 Å². The molecule has 146 valence electrons. The van der Waals surface area contributed by atoms with Crippen molar-refractivity contribution in [3.8, 4) is 0 Å². The average molecular weight is 392 g/mol. The van der Waals surface area contributed by atoms with Crippen LogP contribution in [0.2, 0.25) is 0 Å². The van der Waals surface area contributed by atoms with Gasteiger partial charge in [-0.3, -0.25) is 0 Å². The van der Waals surface area contributed by atoms with Crippen molar-refractivity contribution in [1.82, 2.24) is 10.6 Å². The molecule has 2 aromatic rings. The number of sulfone groups is 1. The summed E-state index contributed by atoms with van der Waals surface area (Å²) in [6, 6.07) is 15.7. The molecule has 0 aliphatic rings. The number of aliphatic imine (C=N–C) groups is 1.